The molecule has 0 aliphatic rings. The summed E-state index contributed by atoms with van der Waals surface area (Å²) < 4.78 is 44.0. The first-order valence-corrected chi connectivity index (χ1v) is 11.9. The normalized spacial score (nSPS) is 11.0. The lowest BCUT2D eigenvalue weighted by atomic mass is 10.0. The number of sulfonamides is 1. The first-order chi connectivity index (χ1) is 15.7. The van der Waals surface area contributed by atoms with E-state index in [1.807, 2.05) is 0 Å². The van der Waals surface area contributed by atoms with Gasteiger partial charge in [-0.1, -0.05) is 18.2 Å². The molecule has 0 radical (unpaired) electrons. The predicted molar refractivity (Wildman–Crippen MR) is 123 cm³/mol. The van der Waals surface area contributed by atoms with E-state index in [1.54, 1.807) is 30.5 Å². The lowest BCUT2D eigenvalue weighted by molar-refractivity contribution is -0.387. The second kappa shape index (κ2) is 9.88. The summed E-state index contributed by atoms with van der Waals surface area (Å²) >= 11 is 0.951. The number of anilines is 1. The van der Waals surface area contributed by atoms with Crippen molar-refractivity contribution in [1.82, 2.24) is 0 Å². The van der Waals surface area contributed by atoms with Gasteiger partial charge >= 0.3 is 5.97 Å². The van der Waals surface area contributed by atoms with Crippen LogP contribution in [-0.2, 0) is 14.8 Å². The molecule has 0 unspecified atom stereocenters. The number of thiophene rings is 1. The SMILES string of the molecule is CCOC(=O)c1c(-c2ccc(OC)c(OC)c2)csc1NS(=O)(=O)c1ccccc1[N+](=O)[O-]. The fourth-order valence-corrected chi connectivity index (χ4v) is 5.52. The average molecular weight is 493 g/mol. The van der Waals surface area contributed by atoms with E-state index < -0.39 is 31.5 Å². The van der Waals surface area contributed by atoms with Gasteiger partial charge in [0, 0.05) is 17.0 Å². The lowest BCUT2D eigenvalue weighted by Gasteiger charge is -2.12. The van der Waals surface area contributed by atoms with E-state index in [1.165, 1.54) is 26.4 Å². The van der Waals surface area contributed by atoms with Gasteiger partial charge in [0.05, 0.1) is 25.7 Å². The molecule has 1 N–H and O–H groups in total. The summed E-state index contributed by atoms with van der Waals surface area (Å²) in [7, 11) is -1.43. The number of esters is 1. The Balaban J connectivity index is 2.12. The number of nitro benzene ring substituents is 1. The molecule has 0 bridgehead atoms. The van der Waals surface area contributed by atoms with Crippen molar-refractivity contribution in [2.24, 2.45) is 0 Å². The Hall–Kier alpha value is -3.64. The van der Waals surface area contributed by atoms with Gasteiger partial charge in [-0.05, 0) is 30.7 Å². The molecule has 0 fully saturated rings. The monoisotopic (exact) mass is 492 g/mol. The van der Waals surface area contributed by atoms with Crippen molar-refractivity contribution in [2.45, 2.75) is 11.8 Å². The van der Waals surface area contributed by atoms with Gasteiger partial charge in [-0.2, -0.15) is 0 Å². The van der Waals surface area contributed by atoms with E-state index in [0.717, 1.165) is 23.5 Å². The number of para-hydroxylation sites is 1. The molecule has 12 heteroatoms. The number of nitrogens with zero attached hydrogens (tertiary/aromatic N) is 1. The standard InChI is InChI=1S/C21H20N2O8S2/c1-4-31-21(24)19-14(13-9-10-16(29-2)17(11-13)30-3)12-32-20(19)22-33(27,28)18-8-6-5-7-15(18)23(25)26/h5-12,22H,4H2,1-3H3. The first-order valence-electron chi connectivity index (χ1n) is 9.50. The van der Waals surface area contributed by atoms with Crippen LogP contribution < -0.4 is 14.2 Å². The third-order valence-electron chi connectivity index (χ3n) is 4.54. The highest BCUT2D eigenvalue weighted by molar-refractivity contribution is 7.93. The molecular weight excluding hydrogens is 472 g/mol. The molecule has 0 spiro atoms. The van der Waals surface area contributed by atoms with Crippen molar-refractivity contribution in [2.75, 3.05) is 25.5 Å². The summed E-state index contributed by atoms with van der Waals surface area (Å²) in [6, 6.07) is 9.92. The van der Waals surface area contributed by atoms with Gasteiger partial charge in [0.2, 0.25) is 0 Å². The molecule has 0 amide bonds. The van der Waals surface area contributed by atoms with Gasteiger partial charge in [0.15, 0.2) is 16.4 Å². The van der Waals surface area contributed by atoms with Gasteiger partial charge in [-0.25, -0.2) is 13.2 Å². The minimum absolute atomic E-state index is 0.0174. The zero-order chi connectivity index (χ0) is 24.2. The van der Waals surface area contributed by atoms with Crippen molar-refractivity contribution >= 4 is 38.0 Å². The van der Waals surface area contributed by atoms with E-state index in [0.29, 0.717) is 22.6 Å². The summed E-state index contributed by atoms with van der Waals surface area (Å²) in [4.78, 5) is 22.8. The Kier molecular flexibility index (Phi) is 7.19. The van der Waals surface area contributed by atoms with E-state index >= 15 is 0 Å². The Morgan fingerprint density at radius 2 is 1.82 bits per heavy atom. The minimum atomic E-state index is -4.39. The number of rotatable bonds is 9. The van der Waals surface area contributed by atoms with Gasteiger partial charge in [0.1, 0.15) is 10.6 Å². The van der Waals surface area contributed by atoms with E-state index in [2.05, 4.69) is 4.72 Å². The Morgan fingerprint density at radius 3 is 2.45 bits per heavy atom. The highest BCUT2D eigenvalue weighted by Crippen LogP contribution is 2.40. The summed E-state index contributed by atoms with van der Waals surface area (Å²) in [6.07, 6.45) is 0. The maximum absolute atomic E-state index is 13.0. The fourth-order valence-electron chi connectivity index (χ4n) is 3.07. The van der Waals surface area contributed by atoms with Crippen molar-refractivity contribution in [3.05, 3.63) is 63.5 Å². The Bertz CT molecular complexity index is 1300. The second-order valence-electron chi connectivity index (χ2n) is 6.47. The number of nitro groups is 1. The third kappa shape index (κ3) is 4.91. The summed E-state index contributed by atoms with van der Waals surface area (Å²) in [5, 5.41) is 12.9. The first kappa shape index (κ1) is 24.0. The minimum Gasteiger partial charge on any atom is -0.493 e. The predicted octanol–water partition coefficient (Wildman–Crippen LogP) is 4.32. The Labute approximate surface area is 193 Å². The summed E-state index contributed by atoms with van der Waals surface area (Å²) in [5.74, 6) is 0.147. The molecule has 3 aromatic rings. The second-order valence-corrected chi connectivity index (χ2v) is 9.00. The number of methoxy groups -OCH3 is 2. The molecule has 33 heavy (non-hydrogen) atoms. The van der Waals surface area contributed by atoms with Gasteiger partial charge in [0.25, 0.3) is 15.7 Å². The van der Waals surface area contributed by atoms with Crippen molar-refractivity contribution in [3.63, 3.8) is 0 Å². The van der Waals surface area contributed by atoms with Crippen LogP contribution in [0.1, 0.15) is 17.3 Å². The molecule has 174 valence electrons. The van der Waals surface area contributed by atoms with E-state index in [9.17, 15) is 23.3 Å². The highest BCUT2D eigenvalue weighted by atomic mass is 32.2. The zero-order valence-corrected chi connectivity index (χ0v) is 19.5. The number of ether oxygens (including phenoxy) is 3. The number of carbonyl (C=O) groups is 1. The lowest BCUT2D eigenvalue weighted by Crippen LogP contribution is -2.16. The van der Waals surface area contributed by atoms with Crippen LogP contribution in [0.2, 0.25) is 0 Å². The molecule has 2 aromatic carbocycles. The number of hydrogen-bond donors (Lipinski definition) is 1. The van der Waals surface area contributed by atoms with E-state index in [-0.39, 0.29) is 17.2 Å². The molecule has 1 aromatic heterocycles. The molecule has 10 nitrogen and oxygen atoms in total. The molecule has 3 rings (SSSR count). The van der Waals surface area contributed by atoms with Gasteiger partial charge in [-0.15, -0.1) is 11.3 Å². The number of hydrogen-bond acceptors (Lipinski definition) is 9. The van der Waals surface area contributed by atoms with Crippen molar-refractivity contribution in [1.29, 1.82) is 0 Å². The third-order valence-corrected chi connectivity index (χ3v) is 6.97. The molecule has 0 saturated carbocycles. The highest BCUT2D eigenvalue weighted by Gasteiger charge is 2.29. The summed E-state index contributed by atoms with van der Waals surface area (Å²) in [6.45, 7) is 1.69. The van der Waals surface area contributed by atoms with Crippen LogP contribution in [0.4, 0.5) is 10.7 Å². The van der Waals surface area contributed by atoms with Crippen LogP contribution in [0.5, 0.6) is 11.5 Å². The van der Waals surface area contributed by atoms with Crippen LogP contribution in [0.15, 0.2) is 52.7 Å². The van der Waals surface area contributed by atoms with Crippen LogP contribution in [0.3, 0.4) is 0 Å². The van der Waals surface area contributed by atoms with Crippen molar-refractivity contribution in [3.8, 4) is 22.6 Å². The quantitative estimate of drug-likeness (QED) is 0.265. The van der Waals surface area contributed by atoms with Crippen LogP contribution >= 0.6 is 11.3 Å². The van der Waals surface area contributed by atoms with Crippen LogP contribution in [0.25, 0.3) is 11.1 Å². The van der Waals surface area contributed by atoms with E-state index in [4.69, 9.17) is 14.2 Å². The molecule has 0 aliphatic heterocycles. The van der Waals surface area contributed by atoms with Gasteiger partial charge < -0.3 is 14.2 Å². The average Bonchev–Trinajstić information content (AvgIpc) is 3.21. The number of benzene rings is 2. The fraction of sp³-hybridized carbons (Fsp3) is 0.190. The number of nitrogens with one attached hydrogen (secondary N) is 1. The molecule has 0 saturated heterocycles. The molecule has 0 atom stereocenters. The van der Waals surface area contributed by atoms with Crippen LogP contribution in [0, 0.1) is 10.1 Å². The molecular formula is C21H20N2O8S2. The van der Waals surface area contributed by atoms with Crippen molar-refractivity contribution < 1.29 is 32.3 Å². The zero-order valence-electron chi connectivity index (χ0n) is 17.9. The maximum Gasteiger partial charge on any atom is 0.341 e. The molecule has 1 heterocycles. The van der Waals surface area contributed by atoms with Gasteiger partial charge in [-0.3, -0.25) is 14.8 Å². The topological polar surface area (TPSA) is 134 Å². The molecule has 0 aliphatic carbocycles. The summed E-state index contributed by atoms with van der Waals surface area (Å²) in [5.41, 5.74) is 0.360. The largest absolute Gasteiger partial charge is 0.493 e. The Morgan fingerprint density at radius 1 is 1.12 bits per heavy atom. The maximum atomic E-state index is 13.0. The smallest absolute Gasteiger partial charge is 0.341 e. The van der Waals surface area contributed by atoms with Crippen LogP contribution in [-0.4, -0.2) is 40.1 Å². The number of carbonyl (C=O) groups excluding carboxylic acids is 1.